The fraction of sp³-hybridized carbons (Fsp3) is 0.320. The van der Waals surface area contributed by atoms with Crippen molar-refractivity contribution in [3.05, 3.63) is 70.9 Å². The number of hydrogen-bond donors (Lipinski definition) is 2. The molecule has 8 heteroatoms. The minimum absolute atomic E-state index is 0.0828. The van der Waals surface area contributed by atoms with Crippen LogP contribution in [0.25, 0.3) is 10.9 Å². The molecule has 1 aliphatic heterocycles. The molecule has 0 saturated carbocycles. The second-order valence-corrected chi connectivity index (χ2v) is 9.84. The van der Waals surface area contributed by atoms with E-state index in [9.17, 15) is 14.7 Å². The normalized spacial score (nSPS) is 18.1. The zero-order valence-electron chi connectivity index (χ0n) is 18.3. The molecule has 1 fully saturated rings. The van der Waals surface area contributed by atoms with Gasteiger partial charge < -0.3 is 15.3 Å². The average molecular weight is 484 g/mol. The van der Waals surface area contributed by atoms with Crippen molar-refractivity contribution in [1.82, 2.24) is 9.88 Å². The number of carboxylic acid groups (broad SMARTS) is 1. The zero-order chi connectivity index (χ0) is 23.4. The van der Waals surface area contributed by atoms with Crippen molar-refractivity contribution in [2.24, 2.45) is 0 Å². The largest absolute Gasteiger partial charge is 0.481 e. The Kier molecular flexibility index (Phi) is 7.40. The lowest BCUT2D eigenvalue weighted by Crippen LogP contribution is -2.33. The van der Waals surface area contributed by atoms with Crippen molar-refractivity contribution in [3.8, 4) is 0 Å². The lowest BCUT2D eigenvalue weighted by Gasteiger charge is -2.25. The summed E-state index contributed by atoms with van der Waals surface area (Å²) in [6.07, 6.45) is 3.30. The van der Waals surface area contributed by atoms with Crippen molar-refractivity contribution in [2.75, 3.05) is 18.4 Å². The molecule has 1 aliphatic rings. The molecule has 0 aliphatic carbocycles. The van der Waals surface area contributed by atoms with Crippen LogP contribution in [0.5, 0.6) is 0 Å². The van der Waals surface area contributed by atoms with E-state index in [4.69, 9.17) is 11.6 Å². The van der Waals surface area contributed by atoms with Crippen molar-refractivity contribution >= 4 is 51.8 Å². The molecule has 1 aromatic heterocycles. The Morgan fingerprint density at radius 2 is 2.03 bits per heavy atom. The van der Waals surface area contributed by atoms with Crippen molar-refractivity contribution < 1.29 is 14.7 Å². The first-order valence-corrected chi connectivity index (χ1v) is 12.3. The summed E-state index contributed by atoms with van der Waals surface area (Å²) in [4.78, 5) is 30.5. The number of amides is 1. The highest BCUT2D eigenvalue weighted by atomic mass is 35.5. The first-order valence-electron chi connectivity index (χ1n) is 11.0. The molecule has 0 spiro atoms. The number of rotatable bonds is 9. The van der Waals surface area contributed by atoms with Gasteiger partial charge in [0.05, 0.1) is 17.2 Å². The minimum Gasteiger partial charge on any atom is -0.481 e. The third-order valence-corrected chi connectivity index (χ3v) is 7.49. The van der Waals surface area contributed by atoms with Gasteiger partial charge in [0.1, 0.15) is 5.37 Å². The average Bonchev–Trinajstić information content (AvgIpc) is 3.08. The number of halogens is 1. The van der Waals surface area contributed by atoms with Gasteiger partial charge in [-0.05, 0) is 55.2 Å². The number of pyridine rings is 1. The van der Waals surface area contributed by atoms with Crippen LogP contribution in [0.1, 0.15) is 35.8 Å². The van der Waals surface area contributed by atoms with Crippen LogP contribution in [0.4, 0.5) is 5.69 Å². The second-order valence-electron chi connectivity index (χ2n) is 8.12. The number of nitrogens with one attached hydrogen (secondary N) is 1. The number of carboxylic acids is 1. The summed E-state index contributed by atoms with van der Waals surface area (Å²) in [5.41, 5.74) is 4.03. The summed E-state index contributed by atoms with van der Waals surface area (Å²) in [5.74, 6) is -1.03. The van der Waals surface area contributed by atoms with E-state index in [-0.39, 0.29) is 17.7 Å². The highest BCUT2D eigenvalue weighted by Gasteiger charge is 2.41. The van der Waals surface area contributed by atoms with Crippen LogP contribution in [0, 0.1) is 6.92 Å². The third kappa shape index (κ3) is 5.42. The molecule has 2 unspecified atom stereocenters. The maximum atomic E-state index is 13.0. The summed E-state index contributed by atoms with van der Waals surface area (Å²) >= 11 is 7.52. The first-order chi connectivity index (χ1) is 15.9. The van der Waals surface area contributed by atoms with E-state index < -0.39 is 11.2 Å². The number of benzene rings is 2. The topological polar surface area (TPSA) is 82.5 Å². The van der Waals surface area contributed by atoms with Crippen LogP contribution >= 0.6 is 23.4 Å². The number of aromatic nitrogens is 1. The summed E-state index contributed by atoms with van der Waals surface area (Å²) in [6, 6.07) is 15.6. The van der Waals surface area contributed by atoms with E-state index in [1.165, 1.54) is 11.8 Å². The molecule has 3 aromatic rings. The highest BCUT2D eigenvalue weighted by Crippen LogP contribution is 2.45. The van der Waals surface area contributed by atoms with Crippen LogP contribution in [0.3, 0.4) is 0 Å². The van der Waals surface area contributed by atoms with Crippen LogP contribution in [-0.4, -0.2) is 45.2 Å². The van der Waals surface area contributed by atoms with Crippen molar-refractivity contribution in [2.45, 2.75) is 36.8 Å². The number of unbranched alkanes of at least 4 members (excludes halogenated alkanes) is 1. The molecule has 1 saturated heterocycles. The van der Waals surface area contributed by atoms with Gasteiger partial charge in [-0.2, -0.15) is 0 Å². The monoisotopic (exact) mass is 483 g/mol. The SMILES string of the molecule is Cc1ccccc1C1SC(CC(=O)O)C(=O)N1CCCCNc1ccnc2cc(Cl)ccc12. The lowest BCUT2D eigenvalue weighted by atomic mass is 10.1. The van der Waals surface area contributed by atoms with E-state index in [1.807, 2.05) is 60.4 Å². The molecular weight excluding hydrogens is 458 g/mol. The van der Waals surface area contributed by atoms with Crippen LogP contribution in [0.2, 0.25) is 5.02 Å². The number of carbonyl (C=O) groups is 2. The summed E-state index contributed by atoms with van der Waals surface area (Å²) < 4.78 is 0. The van der Waals surface area contributed by atoms with Gasteiger partial charge in [-0.1, -0.05) is 35.9 Å². The molecule has 2 N–H and O–H groups in total. The Labute approximate surface area is 202 Å². The zero-order valence-corrected chi connectivity index (χ0v) is 19.9. The van der Waals surface area contributed by atoms with Crippen LogP contribution < -0.4 is 5.32 Å². The van der Waals surface area contributed by atoms with Crippen molar-refractivity contribution in [1.29, 1.82) is 0 Å². The van der Waals surface area contributed by atoms with Crippen molar-refractivity contribution in [3.63, 3.8) is 0 Å². The molecular formula is C25H26ClN3O3S. The Morgan fingerprint density at radius 3 is 2.82 bits per heavy atom. The number of fused-ring (bicyclic) bond motifs is 1. The fourth-order valence-corrected chi connectivity index (χ4v) is 5.86. The molecule has 2 aromatic carbocycles. The number of hydrogen-bond acceptors (Lipinski definition) is 5. The summed E-state index contributed by atoms with van der Waals surface area (Å²) in [7, 11) is 0. The number of anilines is 1. The predicted octanol–water partition coefficient (Wildman–Crippen LogP) is 5.51. The van der Waals surface area contributed by atoms with Crippen LogP contribution in [0.15, 0.2) is 54.7 Å². The van der Waals surface area contributed by atoms with E-state index in [1.54, 1.807) is 6.20 Å². The number of nitrogens with zero attached hydrogens (tertiary/aromatic N) is 2. The Hall–Kier alpha value is -2.77. The molecule has 172 valence electrons. The van der Waals surface area contributed by atoms with Gasteiger partial charge in [0.2, 0.25) is 5.91 Å². The number of aryl methyl sites for hydroxylation is 1. The lowest BCUT2D eigenvalue weighted by molar-refractivity contribution is -0.140. The van der Waals surface area contributed by atoms with Gasteiger partial charge in [-0.25, -0.2) is 0 Å². The molecule has 2 atom stereocenters. The smallest absolute Gasteiger partial charge is 0.305 e. The Morgan fingerprint density at radius 1 is 1.21 bits per heavy atom. The van der Waals surface area contributed by atoms with E-state index in [0.717, 1.165) is 47.1 Å². The predicted molar refractivity (Wildman–Crippen MR) is 134 cm³/mol. The molecule has 0 bridgehead atoms. The summed E-state index contributed by atoms with van der Waals surface area (Å²) in [6.45, 7) is 3.37. The molecule has 2 heterocycles. The number of aliphatic carboxylic acids is 1. The van der Waals surface area contributed by atoms with E-state index >= 15 is 0 Å². The maximum absolute atomic E-state index is 13.0. The minimum atomic E-state index is -0.943. The third-order valence-electron chi connectivity index (χ3n) is 5.80. The number of thioether (sulfide) groups is 1. The standard InChI is InChI=1S/C25H26ClN3O3S/c1-16-6-2-3-7-18(16)25-29(24(32)22(33-25)15-23(30)31)13-5-4-11-27-20-10-12-28-21-14-17(26)8-9-19(20)21/h2-3,6-10,12,14,22,25H,4-5,11,13,15H2,1H3,(H,27,28)(H,30,31). The first kappa shape index (κ1) is 23.4. The maximum Gasteiger partial charge on any atom is 0.305 e. The molecule has 33 heavy (non-hydrogen) atoms. The van der Waals surface area contributed by atoms with Gasteiger partial charge in [0.25, 0.3) is 0 Å². The molecule has 4 rings (SSSR count). The van der Waals surface area contributed by atoms with Crippen LogP contribution in [-0.2, 0) is 9.59 Å². The van der Waals surface area contributed by atoms with Gasteiger partial charge in [0.15, 0.2) is 0 Å². The van der Waals surface area contributed by atoms with E-state index in [0.29, 0.717) is 11.6 Å². The Bertz CT molecular complexity index is 1170. The van der Waals surface area contributed by atoms with E-state index in [2.05, 4.69) is 10.3 Å². The summed E-state index contributed by atoms with van der Waals surface area (Å²) in [5, 5.41) is 13.7. The molecule has 1 amide bonds. The van der Waals surface area contributed by atoms with Gasteiger partial charge in [-0.15, -0.1) is 11.8 Å². The highest BCUT2D eigenvalue weighted by molar-refractivity contribution is 8.01. The van der Waals surface area contributed by atoms with Gasteiger partial charge >= 0.3 is 5.97 Å². The Balaban J connectivity index is 1.38. The molecule has 0 radical (unpaired) electrons. The van der Waals surface area contributed by atoms with Gasteiger partial charge in [-0.3, -0.25) is 14.6 Å². The van der Waals surface area contributed by atoms with Gasteiger partial charge in [0, 0.05) is 35.4 Å². The molecule has 6 nitrogen and oxygen atoms in total. The number of carbonyl (C=O) groups excluding carboxylic acids is 1. The fourth-order valence-electron chi connectivity index (χ4n) is 4.12. The second kappa shape index (κ2) is 10.4. The quantitative estimate of drug-likeness (QED) is 0.391.